The Kier molecular flexibility index (Phi) is 4.78. The van der Waals surface area contributed by atoms with E-state index in [4.69, 9.17) is 5.73 Å². The zero-order valence-electron chi connectivity index (χ0n) is 8.85. The van der Waals surface area contributed by atoms with Gasteiger partial charge in [-0.2, -0.15) is 0 Å². The zero-order chi connectivity index (χ0) is 10.6. The van der Waals surface area contributed by atoms with Crippen LogP contribution >= 0.6 is 0 Å². The van der Waals surface area contributed by atoms with Gasteiger partial charge in [0.25, 0.3) is 5.92 Å². The monoisotopic (exact) mass is 194 g/mol. The molecule has 0 amide bonds. The SMILES string of the molecule is CC(C)C(C)N(C)CC(F)(F)CN. The van der Waals surface area contributed by atoms with E-state index in [0.717, 1.165) is 0 Å². The van der Waals surface area contributed by atoms with E-state index >= 15 is 0 Å². The molecule has 0 heterocycles. The summed E-state index contributed by atoms with van der Waals surface area (Å²) >= 11 is 0. The van der Waals surface area contributed by atoms with Crippen LogP contribution < -0.4 is 5.73 Å². The highest BCUT2D eigenvalue weighted by Gasteiger charge is 2.30. The van der Waals surface area contributed by atoms with E-state index in [1.54, 1.807) is 11.9 Å². The molecule has 1 atom stereocenters. The molecule has 0 aromatic heterocycles. The van der Waals surface area contributed by atoms with Gasteiger partial charge >= 0.3 is 0 Å². The fraction of sp³-hybridized carbons (Fsp3) is 1.00. The van der Waals surface area contributed by atoms with Gasteiger partial charge in [-0.1, -0.05) is 13.8 Å². The minimum Gasteiger partial charge on any atom is -0.325 e. The molecule has 4 heteroatoms. The molecule has 0 aliphatic carbocycles. The number of rotatable bonds is 5. The molecule has 0 saturated heterocycles. The van der Waals surface area contributed by atoms with Crippen molar-refractivity contribution < 1.29 is 8.78 Å². The molecule has 0 spiro atoms. The van der Waals surface area contributed by atoms with Crippen LogP contribution in [-0.2, 0) is 0 Å². The van der Waals surface area contributed by atoms with Gasteiger partial charge in [-0.25, -0.2) is 8.78 Å². The average molecular weight is 194 g/mol. The van der Waals surface area contributed by atoms with Crippen LogP contribution in [0.3, 0.4) is 0 Å². The van der Waals surface area contributed by atoms with Crippen LogP contribution in [0.5, 0.6) is 0 Å². The molecular formula is C9H20F2N2. The van der Waals surface area contributed by atoms with Gasteiger partial charge in [-0.3, -0.25) is 4.90 Å². The number of hydrogen-bond donors (Lipinski definition) is 1. The lowest BCUT2D eigenvalue weighted by Crippen LogP contribution is -2.45. The average Bonchev–Trinajstić information content (AvgIpc) is 2.02. The largest absolute Gasteiger partial charge is 0.325 e. The lowest BCUT2D eigenvalue weighted by atomic mass is 10.0. The molecule has 2 nitrogen and oxygen atoms in total. The summed E-state index contributed by atoms with van der Waals surface area (Å²) in [6.07, 6.45) is 0. The zero-order valence-corrected chi connectivity index (χ0v) is 8.85. The molecular weight excluding hydrogens is 174 g/mol. The quantitative estimate of drug-likeness (QED) is 0.719. The summed E-state index contributed by atoms with van der Waals surface area (Å²) in [6.45, 7) is 5.13. The second kappa shape index (κ2) is 4.86. The number of hydrogen-bond acceptors (Lipinski definition) is 2. The van der Waals surface area contributed by atoms with Crippen molar-refractivity contribution in [1.29, 1.82) is 0 Å². The fourth-order valence-corrected chi connectivity index (χ4v) is 1.08. The molecule has 1 unspecified atom stereocenters. The number of nitrogens with zero attached hydrogens (tertiary/aromatic N) is 1. The lowest BCUT2D eigenvalue weighted by Gasteiger charge is -2.30. The summed E-state index contributed by atoms with van der Waals surface area (Å²) in [4.78, 5) is 1.65. The Balaban J connectivity index is 4.06. The molecule has 0 aromatic rings. The molecule has 13 heavy (non-hydrogen) atoms. The van der Waals surface area contributed by atoms with E-state index in [-0.39, 0.29) is 12.6 Å². The highest BCUT2D eigenvalue weighted by molar-refractivity contribution is 4.75. The van der Waals surface area contributed by atoms with Crippen LogP contribution in [0.15, 0.2) is 0 Å². The Morgan fingerprint density at radius 1 is 1.31 bits per heavy atom. The normalized spacial score (nSPS) is 15.5. The topological polar surface area (TPSA) is 29.3 Å². The third-order valence-corrected chi connectivity index (χ3v) is 2.44. The summed E-state index contributed by atoms with van der Waals surface area (Å²) in [6, 6.07) is 0.150. The molecule has 0 radical (unpaired) electrons. The van der Waals surface area contributed by atoms with Crippen LogP contribution in [0.4, 0.5) is 8.78 Å². The van der Waals surface area contributed by atoms with Gasteiger partial charge in [0.05, 0.1) is 13.1 Å². The van der Waals surface area contributed by atoms with E-state index in [9.17, 15) is 8.78 Å². The fourth-order valence-electron chi connectivity index (χ4n) is 1.08. The third kappa shape index (κ3) is 4.52. The number of nitrogens with two attached hydrogens (primary N) is 1. The summed E-state index contributed by atoms with van der Waals surface area (Å²) in [5, 5.41) is 0. The molecule has 0 rings (SSSR count). The minimum atomic E-state index is -2.77. The molecule has 0 saturated carbocycles. The predicted molar refractivity (Wildman–Crippen MR) is 50.9 cm³/mol. The molecule has 0 aliphatic rings. The first-order valence-corrected chi connectivity index (χ1v) is 4.58. The lowest BCUT2D eigenvalue weighted by molar-refractivity contribution is -0.0292. The van der Waals surface area contributed by atoms with E-state index in [0.29, 0.717) is 5.92 Å². The standard InChI is InChI=1S/C9H20F2N2/c1-7(2)8(3)13(4)6-9(10,11)5-12/h7-8H,5-6,12H2,1-4H3. The summed E-state index contributed by atoms with van der Waals surface area (Å²) in [7, 11) is 1.70. The van der Waals surface area contributed by atoms with E-state index in [1.807, 2.05) is 20.8 Å². The Labute approximate surface area is 79.1 Å². The Morgan fingerprint density at radius 2 is 1.77 bits per heavy atom. The van der Waals surface area contributed by atoms with E-state index < -0.39 is 12.5 Å². The van der Waals surface area contributed by atoms with Crippen molar-refractivity contribution >= 4 is 0 Å². The first-order valence-electron chi connectivity index (χ1n) is 4.58. The minimum absolute atomic E-state index is 0.150. The second-order valence-electron chi connectivity index (χ2n) is 3.96. The van der Waals surface area contributed by atoms with E-state index in [2.05, 4.69) is 0 Å². The Hall–Kier alpha value is -0.220. The van der Waals surface area contributed by atoms with Gasteiger partial charge in [0, 0.05) is 6.04 Å². The molecule has 0 aliphatic heterocycles. The van der Waals surface area contributed by atoms with E-state index in [1.165, 1.54) is 0 Å². The van der Waals surface area contributed by atoms with Crippen LogP contribution in [0.2, 0.25) is 0 Å². The first kappa shape index (κ1) is 12.8. The highest BCUT2D eigenvalue weighted by atomic mass is 19.3. The maximum Gasteiger partial charge on any atom is 0.272 e. The Bertz CT molecular complexity index is 149. The number of alkyl halides is 2. The van der Waals surface area contributed by atoms with Crippen LogP contribution in [0, 0.1) is 5.92 Å². The number of halogens is 2. The van der Waals surface area contributed by atoms with Gasteiger partial charge in [0.1, 0.15) is 0 Å². The molecule has 80 valence electrons. The molecule has 0 aromatic carbocycles. The van der Waals surface area contributed by atoms with Crippen LogP contribution in [-0.4, -0.2) is 37.0 Å². The van der Waals surface area contributed by atoms with Gasteiger partial charge in [-0.15, -0.1) is 0 Å². The maximum atomic E-state index is 12.9. The van der Waals surface area contributed by atoms with Crippen molar-refractivity contribution in [2.24, 2.45) is 11.7 Å². The third-order valence-electron chi connectivity index (χ3n) is 2.44. The van der Waals surface area contributed by atoms with Crippen molar-refractivity contribution in [2.75, 3.05) is 20.1 Å². The van der Waals surface area contributed by atoms with Crippen molar-refractivity contribution in [3.05, 3.63) is 0 Å². The van der Waals surface area contributed by atoms with Crippen molar-refractivity contribution in [2.45, 2.75) is 32.7 Å². The molecule has 0 fully saturated rings. The molecule has 2 N–H and O–H groups in total. The Morgan fingerprint density at radius 3 is 2.08 bits per heavy atom. The van der Waals surface area contributed by atoms with Crippen molar-refractivity contribution in [3.8, 4) is 0 Å². The highest BCUT2D eigenvalue weighted by Crippen LogP contribution is 2.16. The second-order valence-corrected chi connectivity index (χ2v) is 3.96. The van der Waals surface area contributed by atoms with Crippen LogP contribution in [0.25, 0.3) is 0 Å². The van der Waals surface area contributed by atoms with Crippen molar-refractivity contribution in [1.82, 2.24) is 4.90 Å². The summed E-state index contributed by atoms with van der Waals surface area (Å²) < 4.78 is 25.7. The van der Waals surface area contributed by atoms with Crippen LogP contribution in [0.1, 0.15) is 20.8 Å². The maximum absolute atomic E-state index is 12.9. The van der Waals surface area contributed by atoms with Crippen molar-refractivity contribution in [3.63, 3.8) is 0 Å². The van der Waals surface area contributed by atoms with Gasteiger partial charge in [-0.05, 0) is 19.9 Å². The van der Waals surface area contributed by atoms with Gasteiger partial charge in [0.2, 0.25) is 0 Å². The van der Waals surface area contributed by atoms with Gasteiger partial charge in [0.15, 0.2) is 0 Å². The smallest absolute Gasteiger partial charge is 0.272 e. The molecule has 0 bridgehead atoms. The summed E-state index contributed by atoms with van der Waals surface area (Å²) in [5.41, 5.74) is 4.95. The first-order chi connectivity index (χ1) is 5.80. The predicted octanol–water partition coefficient (Wildman–Crippen LogP) is 1.56. The summed E-state index contributed by atoms with van der Waals surface area (Å²) in [5.74, 6) is -2.39. The van der Waals surface area contributed by atoms with Gasteiger partial charge < -0.3 is 5.73 Å².